The molecule has 0 fully saturated rings. The van der Waals surface area contributed by atoms with Crippen LogP contribution < -0.4 is 4.74 Å². The first-order chi connectivity index (χ1) is 26.3. The lowest BCUT2D eigenvalue weighted by Crippen LogP contribution is -2.34. The first kappa shape index (κ1) is 31.3. The Labute approximate surface area is 314 Å². The molecule has 0 bridgehead atoms. The van der Waals surface area contributed by atoms with Gasteiger partial charge in [0.2, 0.25) is 0 Å². The predicted octanol–water partition coefficient (Wildman–Crippen LogP) is 14.1. The fraction of sp³-hybridized carbons (Fsp3) is 0.0196. The molecule has 2 heterocycles. The number of thiophene rings is 1. The first-order valence-electron chi connectivity index (χ1n) is 18.1. The number of fused-ring (bicyclic) bond motifs is 3. The monoisotopic (exact) mass is 694 g/mol. The van der Waals surface area contributed by atoms with Gasteiger partial charge in [0.25, 0.3) is 0 Å². The average molecular weight is 695 g/mol. The maximum absolute atomic E-state index is 6.76. The van der Waals surface area contributed by atoms with Crippen LogP contribution in [0.5, 0.6) is 11.5 Å². The number of benzene rings is 8. The van der Waals surface area contributed by atoms with Crippen molar-refractivity contribution >= 4 is 22.1 Å². The smallest absolute Gasteiger partial charge is 0.132 e. The summed E-state index contributed by atoms with van der Waals surface area (Å²) in [5, 5.41) is 2.53. The third-order valence-corrected chi connectivity index (χ3v) is 11.9. The summed E-state index contributed by atoms with van der Waals surface area (Å²) >= 11 is 1.82. The molecule has 0 N–H and O–H groups in total. The van der Waals surface area contributed by atoms with Gasteiger partial charge in [0, 0.05) is 20.9 Å². The summed E-state index contributed by atoms with van der Waals surface area (Å²) < 4.78 is 6.76. The molecule has 10 rings (SSSR count). The van der Waals surface area contributed by atoms with Gasteiger partial charge in [-0.1, -0.05) is 182 Å². The minimum atomic E-state index is -0.514. The van der Waals surface area contributed by atoms with Crippen LogP contribution >= 0.6 is 11.3 Å². The molecule has 8 aromatic carbocycles. The first-order valence-corrected chi connectivity index (χ1v) is 18.9. The summed E-state index contributed by atoms with van der Waals surface area (Å²) in [5.74, 6) is 1.78. The summed E-state index contributed by atoms with van der Waals surface area (Å²) in [6.45, 7) is 0. The van der Waals surface area contributed by atoms with E-state index in [-0.39, 0.29) is 0 Å². The minimum Gasteiger partial charge on any atom is -0.457 e. The normalized spacial score (nSPS) is 12.8. The van der Waals surface area contributed by atoms with Crippen molar-refractivity contribution in [3.8, 4) is 54.6 Å². The third-order valence-electron chi connectivity index (χ3n) is 10.7. The molecule has 0 aliphatic carbocycles. The SMILES string of the molecule is c1ccc(-c2cccc3cccc(-c4ccc(-c5ccc(-c6ccc7c(c6)Oc6ccccc6C7(c6ccccc6)c6ccccc6)s5)cc4)c23)cc1. The summed E-state index contributed by atoms with van der Waals surface area (Å²) in [6.07, 6.45) is 0. The van der Waals surface area contributed by atoms with E-state index in [0.29, 0.717) is 0 Å². The van der Waals surface area contributed by atoms with E-state index in [1.54, 1.807) is 0 Å². The molecule has 0 spiro atoms. The standard InChI is InChI=1S/C51H34OS/c1-4-14-35(15-5-1)42-22-12-16-38-17-13-23-43(50(38)42)36-26-28-37(29-27-36)48-32-33-49(53-48)39-30-31-45-47(34-39)52-46-25-11-10-24-44(46)51(45,40-18-6-2-7-19-40)41-20-8-3-9-21-41/h1-34H. The van der Waals surface area contributed by atoms with Crippen LogP contribution in [0.15, 0.2) is 206 Å². The van der Waals surface area contributed by atoms with E-state index >= 15 is 0 Å². The van der Waals surface area contributed by atoms with Gasteiger partial charge < -0.3 is 4.74 Å². The molecule has 0 saturated heterocycles. The minimum absolute atomic E-state index is 0.514. The van der Waals surface area contributed by atoms with Gasteiger partial charge in [-0.2, -0.15) is 0 Å². The van der Waals surface area contributed by atoms with Crippen molar-refractivity contribution in [2.45, 2.75) is 5.41 Å². The maximum Gasteiger partial charge on any atom is 0.132 e. The van der Waals surface area contributed by atoms with Gasteiger partial charge >= 0.3 is 0 Å². The molecule has 1 aliphatic heterocycles. The molecule has 53 heavy (non-hydrogen) atoms. The molecule has 2 heteroatoms. The molecule has 0 unspecified atom stereocenters. The molecular formula is C51H34OS. The van der Waals surface area contributed by atoms with Crippen LogP contribution in [0.4, 0.5) is 0 Å². The van der Waals surface area contributed by atoms with Crippen LogP contribution in [0, 0.1) is 0 Å². The Balaban J connectivity index is 1.02. The second-order valence-corrected chi connectivity index (χ2v) is 14.7. The molecule has 0 atom stereocenters. The van der Waals surface area contributed by atoms with Crippen LogP contribution in [-0.2, 0) is 5.41 Å². The van der Waals surface area contributed by atoms with Crippen LogP contribution in [0.2, 0.25) is 0 Å². The zero-order valence-corrected chi connectivity index (χ0v) is 29.8. The van der Waals surface area contributed by atoms with Gasteiger partial charge in [-0.3, -0.25) is 0 Å². The highest BCUT2D eigenvalue weighted by atomic mass is 32.1. The van der Waals surface area contributed by atoms with Crippen LogP contribution in [-0.4, -0.2) is 0 Å². The highest BCUT2D eigenvalue weighted by Gasteiger charge is 2.45. The molecule has 0 amide bonds. The number of hydrogen-bond acceptors (Lipinski definition) is 2. The molecule has 0 saturated carbocycles. The van der Waals surface area contributed by atoms with E-state index in [0.717, 1.165) is 28.2 Å². The van der Waals surface area contributed by atoms with Crippen molar-refractivity contribution in [2.75, 3.05) is 0 Å². The number of hydrogen-bond donors (Lipinski definition) is 0. The van der Waals surface area contributed by atoms with Gasteiger partial charge in [0.15, 0.2) is 0 Å². The van der Waals surface area contributed by atoms with Crippen molar-refractivity contribution in [3.63, 3.8) is 0 Å². The Hall–Kier alpha value is -6.48. The van der Waals surface area contributed by atoms with Crippen molar-refractivity contribution in [1.82, 2.24) is 0 Å². The summed E-state index contributed by atoms with van der Waals surface area (Å²) in [7, 11) is 0. The fourth-order valence-electron chi connectivity index (χ4n) is 8.27. The Morgan fingerprint density at radius 2 is 0.868 bits per heavy atom. The predicted molar refractivity (Wildman–Crippen MR) is 222 cm³/mol. The third kappa shape index (κ3) is 5.22. The largest absolute Gasteiger partial charge is 0.457 e. The number of rotatable bonds is 6. The molecule has 0 radical (unpaired) electrons. The number of ether oxygens (including phenoxy) is 1. The quantitative estimate of drug-likeness (QED) is 0.168. The molecule has 1 aromatic heterocycles. The summed E-state index contributed by atoms with van der Waals surface area (Å²) in [5.41, 5.74) is 11.5. The van der Waals surface area contributed by atoms with E-state index in [2.05, 4.69) is 206 Å². The molecular weight excluding hydrogens is 661 g/mol. The van der Waals surface area contributed by atoms with Crippen LogP contribution in [0.3, 0.4) is 0 Å². The zero-order chi connectivity index (χ0) is 35.2. The lowest BCUT2D eigenvalue weighted by Gasteiger charge is -2.41. The van der Waals surface area contributed by atoms with Gasteiger partial charge in [-0.05, 0) is 79.5 Å². The van der Waals surface area contributed by atoms with Crippen molar-refractivity contribution in [3.05, 3.63) is 229 Å². The van der Waals surface area contributed by atoms with E-state index < -0.39 is 5.41 Å². The van der Waals surface area contributed by atoms with Crippen molar-refractivity contribution < 1.29 is 4.74 Å². The Morgan fingerprint density at radius 3 is 1.53 bits per heavy atom. The van der Waals surface area contributed by atoms with Gasteiger partial charge in [-0.25, -0.2) is 0 Å². The van der Waals surface area contributed by atoms with Gasteiger partial charge in [0.05, 0.1) is 5.41 Å². The van der Waals surface area contributed by atoms with E-state index in [1.165, 1.54) is 59.5 Å². The molecule has 1 aliphatic rings. The van der Waals surface area contributed by atoms with Crippen LogP contribution in [0.25, 0.3) is 53.9 Å². The zero-order valence-electron chi connectivity index (χ0n) is 28.9. The highest BCUT2D eigenvalue weighted by Crippen LogP contribution is 2.56. The second-order valence-electron chi connectivity index (χ2n) is 13.6. The van der Waals surface area contributed by atoms with Crippen molar-refractivity contribution in [1.29, 1.82) is 0 Å². The highest BCUT2D eigenvalue weighted by molar-refractivity contribution is 7.18. The summed E-state index contributed by atoms with van der Waals surface area (Å²) in [4.78, 5) is 2.45. The Bertz CT molecular complexity index is 2680. The Morgan fingerprint density at radius 1 is 0.358 bits per heavy atom. The molecule has 1 nitrogen and oxygen atoms in total. The number of para-hydroxylation sites is 1. The molecule has 250 valence electrons. The maximum atomic E-state index is 6.76. The topological polar surface area (TPSA) is 9.23 Å². The lowest BCUT2D eigenvalue weighted by molar-refractivity contribution is 0.435. The van der Waals surface area contributed by atoms with E-state index in [4.69, 9.17) is 4.74 Å². The van der Waals surface area contributed by atoms with E-state index in [1.807, 2.05) is 11.3 Å². The van der Waals surface area contributed by atoms with Gasteiger partial charge in [-0.15, -0.1) is 11.3 Å². The van der Waals surface area contributed by atoms with Gasteiger partial charge in [0.1, 0.15) is 11.5 Å². The van der Waals surface area contributed by atoms with Crippen molar-refractivity contribution in [2.24, 2.45) is 0 Å². The second kappa shape index (κ2) is 12.9. The summed E-state index contributed by atoms with van der Waals surface area (Å²) in [6, 6.07) is 74.4. The fourth-order valence-corrected chi connectivity index (χ4v) is 9.27. The van der Waals surface area contributed by atoms with E-state index in [9.17, 15) is 0 Å². The van der Waals surface area contributed by atoms with Crippen LogP contribution in [0.1, 0.15) is 22.3 Å². The lowest BCUT2D eigenvalue weighted by atomic mass is 9.63. The molecule has 9 aromatic rings. The Kier molecular flexibility index (Phi) is 7.63. The average Bonchev–Trinajstić information content (AvgIpc) is 3.74.